The molecule has 7 heteroatoms. The second-order valence-corrected chi connectivity index (χ2v) is 7.57. The van der Waals surface area contributed by atoms with E-state index in [0.29, 0.717) is 11.7 Å². The van der Waals surface area contributed by atoms with Crippen LogP contribution in [0.15, 0.2) is 78.9 Å². The molecule has 1 amide bonds. The number of hydrogen-bond acceptors (Lipinski definition) is 5. The monoisotopic (exact) mass is 427 g/mol. The fourth-order valence-electron chi connectivity index (χ4n) is 4.09. The van der Waals surface area contributed by atoms with Crippen molar-refractivity contribution in [3.63, 3.8) is 0 Å². The molecule has 1 aromatic heterocycles. The lowest BCUT2D eigenvalue weighted by atomic mass is 9.90. The molecule has 0 unspecified atom stereocenters. The first-order valence-corrected chi connectivity index (χ1v) is 10.3. The highest BCUT2D eigenvalue weighted by Gasteiger charge is 2.44. The number of carbonyl (C=O) groups excluding carboxylic acids is 2. The van der Waals surface area contributed by atoms with E-state index in [1.54, 1.807) is 7.11 Å². The van der Waals surface area contributed by atoms with E-state index in [0.717, 1.165) is 22.2 Å². The van der Waals surface area contributed by atoms with E-state index in [9.17, 15) is 9.59 Å². The molecule has 160 valence electrons. The van der Waals surface area contributed by atoms with Crippen molar-refractivity contribution in [2.75, 3.05) is 12.4 Å². The predicted octanol–water partition coefficient (Wildman–Crippen LogP) is 3.95. The van der Waals surface area contributed by atoms with E-state index < -0.39 is 23.8 Å². The molecule has 2 heterocycles. The highest BCUT2D eigenvalue weighted by atomic mass is 16.5. The molecule has 0 saturated heterocycles. The Bertz CT molecular complexity index is 1280. The van der Waals surface area contributed by atoms with Crippen LogP contribution in [0.1, 0.15) is 17.2 Å². The van der Waals surface area contributed by atoms with Gasteiger partial charge in [-0.2, -0.15) is 0 Å². The number of anilines is 1. The summed E-state index contributed by atoms with van der Waals surface area (Å²) in [7, 11) is 1.59. The van der Waals surface area contributed by atoms with Gasteiger partial charge in [0.1, 0.15) is 12.4 Å². The van der Waals surface area contributed by atoms with Crippen molar-refractivity contribution in [3.8, 4) is 5.75 Å². The maximum atomic E-state index is 13.2. The summed E-state index contributed by atoms with van der Waals surface area (Å²) in [6.45, 7) is 0.0936. The number of para-hydroxylation sites is 2. The number of benzene rings is 3. The Morgan fingerprint density at radius 2 is 1.72 bits per heavy atom. The quantitative estimate of drug-likeness (QED) is 0.385. The molecule has 3 aromatic carbocycles. The first-order chi connectivity index (χ1) is 15.7. The maximum Gasteiger partial charge on any atom is 0.321 e. The van der Waals surface area contributed by atoms with Crippen molar-refractivity contribution >= 4 is 28.9 Å². The SMILES string of the molecule is COc1ccc([C@H]2[C@@H](C(=O)OCc3ccccc3)C(=O)Nc3nc4ccccc4n32)cc1. The van der Waals surface area contributed by atoms with Crippen molar-refractivity contribution in [1.29, 1.82) is 0 Å². The molecule has 1 N–H and O–H groups in total. The van der Waals surface area contributed by atoms with Crippen LogP contribution in [0.2, 0.25) is 0 Å². The van der Waals surface area contributed by atoms with Crippen molar-refractivity contribution in [2.45, 2.75) is 12.6 Å². The molecule has 0 fully saturated rings. The van der Waals surface area contributed by atoms with E-state index >= 15 is 0 Å². The molecule has 0 aliphatic carbocycles. The zero-order valence-electron chi connectivity index (χ0n) is 17.4. The third-order valence-electron chi connectivity index (χ3n) is 5.64. The summed E-state index contributed by atoms with van der Waals surface area (Å²) < 4.78 is 12.8. The van der Waals surface area contributed by atoms with Crippen LogP contribution in [0.25, 0.3) is 11.0 Å². The van der Waals surface area contributed by atoms with Crippen LogP contribution in [-0.2, 0) is 20.9 Å². The van der Waals surface area contributed by atoms with Gasteiger partial charge >= 0.3 is 5.97 Å². The Morgan fingerprint density at radius 1 is 1.00 bits per heavy atom. The van der Waals surface area contributed by atoms with Crippen LogP contribution in [0.4, 0.5) is 5.95 Å². The van der Waals surface area contributed by atoms with Crippen molar-refractivity contribution < 1.29 is 19.1 Å². The van der Waals surface area contributed by atoms with Gasteiger partial charge in [0.2, 0.25) is 11.9 Å². The van der Waals surface area contributed by atoms with Crippen LogP contribution in [0.5, 0.6) is 5.75 Å². The molecule has 1 aliphatic rings. The number of imidazole rings is 1. The number of methoxy groups -OCH3 is 1. The van der Waals surface area contributed by atoms with Gasteiger partial charge in [-0.05, 0) is 35.4 Å². The van der Waals surface area contributed by atoms with Crippen LogP contribution < -0.4 is 10.1 Å². The highest BCUT2D eigenvalue weighted by Crippen LogP contribution is 2.39. The summed E-state index contributed by atoms with van der Waals surface area (Å²) in [4.78, 5) is 30.9. The summed E-state index contributed by atoms with van der Waals surface area (Å²) >= 11 is 0. The van der Waals surface area contributed by atoms with Gasteiger partial charge in [0.25, 0.3) is 0 Å². The highest BCUT2D eigenvalue weighted by molar-refractivity contribution is 6.07. The number of hydrogen-bond donors (Lipinski definition) is 1. The van der Waals surface area contributed by atoms with E-state index in [1.807, 2.05) is 83.4 Å². The fourth-order valence-corrected chi connectivity index (χ4v) is 4.09. The standard InChI is InChI=1S/C25H21N3O4/c1-31-18-13-11-17(12-14-18)22-21(24(30)32-15-16-7-3-2-4-8-16)23(29)27-25-26-19-9-5-6-10-20(19)28(22)25/h2-14,21-22H,15H2,1H3,(H,26,27,29)/t21-,22+/m1/s1. The van der Waals surface area contributed by atoms with Gasteiger partial charge in [0.05, 0.1) is 24.2 Å². The molecule has 7 nitrogen and oxygen atoms in total. The molecule has 0 radical (unpaired) electrons. The summed E-state index contributed by atoms with van der Waals surface area (Å²) in [5.41, 5.74) is 3.20. The van der Waals surface area contributed by atoms with Crippen molar-refractivity contribution in [2.24, 2.45) is 5.92 Å². The first kappa shape index (κ1) is 19.8. The lowest BCUT2D eigenvalue weighted by molar-refractivity contribution is -0.154. The molecule has 2 atom stereocenters. The lowest BCUT2D eigenvalue weighted by Crippen LogP contribution is -2.43. The number of rotatable bonds is 5. The number of nitrogens with zero attached hydrogens (tertiary/aromatic N) is 2. The van der Waals surface area contributed by atoms with Gasteiger partial charge < -0.3 is 14.0 Å². The van der Waals surface area contributed by atoms with Crippen molar-refractivity contribution in [1.82, 2.24) is 9.55 Å². The Labute approximate surface area is 184 Å². The lowest BCUT2D eigenvalue weighted by Gasteiger charge is -2.32. The third kappa shape index (κ3) is 3.47. The second-order valence-electron chi connectivity index (χ2n) is 7.57. The van der Waals surface area contributed by atoms with E-state index in [1.165, 1.54) is 0 Å². The maximum absolute atomic E-state index is 13.2. The molecular formula is C25H21N3O4. The normalized spacial score (nSPS) is 17.5. The number of nitrogens with one attached hydrogen (secondary N) is 1. The molecule has 0 bridgehead atoms. The zero-order chi connectivity index (χ0) is 22.1. The number of carbonyl (C=O) groups is 2. The first-order valence-electron chi connectivity index (χ1n) is 10.3. The summed E-state index contributed by atoms with van der Waals surface area (Å²) in [6.07, 6.45) is 0. The van der Waals surface area contributed by atoms with Crippen LogP contribution >= 0.6 is 0 Å². The largest absolute Gasteiger partial charge is 0.497 e. The van der Waals surface area contributed by atoms with Gasteiger partial charge in [-0.1, -0.05) is 54.6 Å². The Morgan fingerprint density at radius 3 is 2.47 bits per heavy atom. The molecule has 0 saturated carbocycles. The zero-order valence-corrected chi connectivity index (χ0v) is 17.4. The minimum absolute atomic E-state index is 0.0936. The summed E-state index contributed by atoms with van der Waals surface area (Å²) in [5.74, 6) is -1.00. The Balaban J connectivity index is 1.57. The number of esters is 1. The number of ether oxygens (including phenoxy) is 2. The molecular weight excluding hydrogens is 406 g/mol. The smallest absolute Gasteiger partial charge is 0.321 e. The number of aromatic nitrogens is 2. The molecule has 4 aromatic rings. The van der Waals surface area contributed by atoms with Gasteiger partial charge in [-0.15, -0.1) is 0 Å². The predicted molar refractivity (Wildman–Crippen MR) is 119 cm³/mol. The van der Waals surface area contributed by atoms with E-state index in [2.05, 4.69) is 10.3 Å². The van der Waals surface area contributed by atoms with Crippen LogP contribution in [0, 0.1) is 5.92 Å². The van der Waals surface area contributed by atoms with Gasteiger partial charge in [-0.3, -0.25) is 14.9 Å². The molecule has 1 aliphatic heterocycles. The second kappa shape index (κ2) is 8.19. The minimum Gasteiger partial charge on any atom is -0.497 e. The molecule has 5 rings (SSSR count). The van der Waals surface area contributed by atoms with E-state index in [-0.39, 0.29) is 6.61 Å². The number of fused-ring (bicyclic) bond motifs is 3. The average Bonchev–Trinajstić information content (AvgIpc) is 3.20. The third-order valence-corrected chi connectivity index (χ3v) is 5.64. The fraction of sp³-hybridized carbons (Fsp3) is 0.160. The molecule has 32 heavy (non-hydrogen) atoms. The summed E-state index contributed by atoms with van der Waals surface area (Å²) in [6, 6.07) is 23.7. The molecule has 0 spiro atoms. The Kier molecular flexibility index (Phi) is 5.07. The Hall–Kier alpha value is -4.13. The topological polar surface area (TPSA) is 82.4 Å². The van der Waals surface area contributed by atoms with Gasteiger partial charge in [0, 0.05) is 0 Å². The summed E-state index contributed by atoms with van der Waals surface area (Å²) in [5, 5.41) is 2.79. The van der Waals surface area contributed by atoms with Crippen LogP contribution in [-0.4, -0.2) is 28.5 Å². The number of amides is 1. The minimum atomic E-state index is -1.07. The van der Waals surface area contributed by atoms with Crippen molar-refractivity contribution in [3.05, 3.63) is 90.0 Å². The average molecular weight is 427 g/mol. The van der Waals surface area contributed by atoms with Gasteiger partial charge in [-0.25, -0.2) is 4.98 Å². The van der Waals surface area contributed by atoms with Gasteiger partial charge in [0.15, 0.2) is 5.92 Å². The van der Waals surface area contributed by atoms with Crippen LogP contribution in [0.3, 0.4) is 0 Å². The van der Waals surface area contributed by atoms with E-state index in [4.69, 9.17) is 9.47 Å².